The van der Waals surface area contributed by atoms with Gasteiger partial charge in [0.1, 0.15) is 0 Å². The van der Waals surface area contributed by atoms with Crippen molar-refractivity contribution in [2.24, 2.45) is 5.92 Å². The standard InChI is InChI=1S/C10H22N2O/c1-9(6-11-3)7-12-5-4-10(2,13)8-12/h9,11,13H,4-8H2,1-3H3. The van der Waals surface area contributed by atoms with Crippen LogP contribution < -0.4 is 5.32 Å². The maximum atomic E-state index is 9.75. The zero-order chi connectivity index (χ0) is 9.90. The topological polar surface area (TPSA) is 35.5 Å². The van der Waals surface area contributed by atoms with Gasteiger partial charge in [-0.1, -0.05) is 6.92 Å². The van der Waals surface area contributed by atoms with Gasteiger partial charge in [0.05, 0.1) is 5.60 Å². The maximum Gasteiger partial charge on any atom is 0.0758 e. The summed E-state index contributed by atoms with van der Waals surface area (Å²) in [5, 5.41) is 12.9. The second-order valence-corrected chi connectivity index (χ2v) is 4.64. The second-order valence-electron chi connectivity index (χ2n) is 4.64. The van der Waals surface area contributed by atoms with Crippen molar-refractivity contribution in [1.82, 2.24) is 10.2 Å². The largest absolute Gasteiger partial charge is 0.389 e. The van der Waals surface area contributed by atoms with Crippen LogP contribution in [0.2, 0.25) is 0 Å². The van der Waals surface area contributed by atoms with Crippen LogP contribution >= 0.6 is 0 Å². The Kier molecular flexibility index (Phi) is 3.71. The van der Waals surface area contributed by atoms with Crippen molar-refractivity contribution in [2.75, 3.05) is 33.2 Å². The Hall–Kier alpha value is -0.120. The fourth-order valence-electron chi connectivity index (χ4n) is 2.05. The summed E-state index contributed by atoms with van der Waals surface area (Å²) >= 11 is 0. The van der Waals surface area contributed by atoms with E-state index in [9.17, 15) is 5.11 Å². The highest BCUT2D eigenvalue weighted by atomic mass is 16.3. The first-order valence-electron chi connectivity index (χ1n) is 5.13. The monoisotopic (exact) mass is 186 g/mol. The van der Waals surface area contributed by atoms with E-state index in [2.05, 4.69) is 17.1 Å². The van der Waals surface area contributed by atoms with Gasteiger partial charge in [0.25, 0.3) is 0 Å². The highest BCUT2D eigenvalue weighted by Crippen LogP contribution is 2.20. The summed E-state index contributed by atoms with van der Waals surface area (Å²) in [5.74, 6) is 0.666. The Morgan fingerprint density at radius 3 is 2.77 bits per heavy atom. The van der Waals surface area contributed by atoms with Crippen LogP contribution in [0.5, 0.6) is 0 Å². The van der Waals surface area contributed by atoms with E-state index in [1.165, 1.54) is 0 Å². The third-order valence-electron chi connectivity index (χ3n) is 2.65. The molecule has 0 radical (unpaired) electrons. The van der Waals surface area contributed by atoms with Crippen molar-refractivity contribution in [2.45, 2.75) is 25.9 Å². The molecule has 1 fully saturated rings. The van der Waals surface area contributed by atoms with Crippen LogP contribution in [0, 0.1) is 5.92 Å². The van der Waals surface area contributed by atoms with Crippen LogP contribution in [-0.2, 0) is 0 Å². The Labute approximate surface area is 81.1 Å². The predicted octanol–water partition coefficient (Wildman–Crippen LogP) is 0.299. The zero-order valence-electron chi connectivity index (χ0n) is 9.01. The first-order valence-corrected chi connectivity index (χ1v) is 5.13. The highest BCUT2D eigenvalue weighted by molar-refractivity contribution is 4.86. The number of nitrogens with one attached hydrogen (secondary N) is 1. The molecule has 0 amide bonds. The normalized spacial score (nSPS) is 32.3. The molecule has 3 nitrogen and oxygen atoms in total. The molecule has 1 rings (SSSR count). The molecule has 0 saturated carbocycles. The quantitative estimate of drug-likeness (QED) is 0.663. The summed E-state index contributed by atoms with van der Waals surface area (Å²) in [6.07, 6.45) is 0.916. The molecule has 13 heavy (non-hydrogen) atoms. The van der Waals surface area contributed by atoms with Crippen molar-refractivity contribution >= 4 is 0 Å². The van der Waals surface area contributed by atoms with E-state index in [4.69, 9.17) is 0 Å². The van der Waals surface area contributed by atoms with Gasteiger partial charge >= 0.3 is 0 Å². The third kappa shape index (κ3) is 3.63. The average molecular weight is 186 g/mol. The van der Waals surface area contributed by atoms with Crippen molar-refractivity contribution in [1.29, 1.82) is 0 Å². The van der Waals surface area contributed by atoms with E-state index < -0.39 is 5.60 Å². The lowest BCUT2D eigenvalue weighted by Crippen LogP contribution is -2.34. The van der Waals surface area contributed by atoms with E-state index in [0.717, 1.165) is 32.6 Å². The summed E-state index contributed by atoms with van der Waals surface area (Å²) < 4.78 is 0. The molecule has 0 aromatic rings. The van der Waals surface area contributed by atoms with E-state index in [-0.39, 0.29) is 0 Å². The molecule has 2 atom stereocenters. The van der Waals surface area contributed by atoms with Crippen molar-refractivity contribution in [3.8, 4) is 0 Å². The molecular formula is C10H22N2O. The molecule has 1 heterocycles. The van der Waals surface area contributed by atoms with Gasteiger partial charge in [0.2, 0.25) is 0 Å². The van der Waals surface area contributed by atoms with Gasteiger partial charge in [-0.3, -0.25) is 0 Å². The maximum absolute atomic E-state index is 9.75. The van der Waals surface area contributed by atoms with Gasteiger partial charge in [0, 0.05) is 19.6 Å². The van der Waals surface area contributed by atoms with Gasteiger partial charge in [-0.2, -0.15) is 0 Å². The Morgan fingerprint density at radius 2 is 2.31 bits per heavy atom. The van der Waals surface area contributed by atoms with Gasteiger partial charge < -0.3 is 15.3 Å². The molecule has 0 bridgehead atoms. The number of β-amino-alcohol motifs (C(OH)–C–C–N with tert-alkyl or cyclic N) is 1. The molecule has 78 valence electrons. The molecule has 0 aromatic carbocycles. The summed E-state index contributed by atoms with van der Waals surface area (Å²) in [5.41, 5.74) is -0.445. The Morgan fingerprint density at radius 1 is 1.62 bits per heavy atom. The average Bonchev–Trinajstić information content (AvgIpc) is 2.30. The summed E-state index contributed by atoms with van der Waals surface area (Å²) in [6.45, 7) is 8.19. The Balaban J connectivity index is 2.24. The van der Waals surface area contributed by atoms with Crippen LogP contribution in [0.1, 0.15) is 20.3 Å². The van der Waals surface area contributed by atoms with Crippen molar-refractivity contribution in [3.63, 3.8) is 0 Å². The van der Waals surface area contributed by atoms with Crippen LogP contribution in [0.25, 0.3) is 0 Å². The zero-order valence-corrected chi connectivity index (χ0v) is 9.01. The minimum Gasteiger partial charge on any atom is -0.389 e. The lowest BCUT2D eigenvalue weighted by atomic mass is 10.1. The molecule has 1 saturated heterocycles. The SMILES string of the molecule is CNCC(C)CN1CCC(C)(O)C1. The lowest BCUT2D eigenvalue weighted by molar-refractivity contribution is 0.0670. The number of rotatable bonds is 4. The first-order chi connectivity index (χ1) is 6.03. The van der Waals surface area contributed by atoms with E-state index in [1.54, 1.807) is 0 Å². The van der Waals surface area contributed by atoms with Gasteiger partial charge in [-0.15, -0.1) is 0 Å². The second kappa shape index (κ2) is 4.40. The van der Waals surface area contributed by atoms with Gasteiger partial charge in [-0.05, 0) is 32.9 Å². The third-order valence-corrected chi connectivity index (χ3v) is 2.65. The summed E-state index contributed by atoms with van der Waals surface area (Å²) in [4.78, 5) is 2.35. The summed E-state index contributed by atoms with van der Waals surface area (Å²) in [7, 11) is 1.98. The molecule has 0 spiro atoms. The molecule has 1 aliphatic heterocycles. The first kappa shape index (κ1) is 11.0. The minimum atomic E-state index is -0.445. The predicted molar refractivity (Wildman–Crippen MR) is 54.8 cm³/mol. The molecular weight excluding hydrogens is 164 g/mol. The molecule has 2 unspecified atom stereocenters. The van der Waals surface area contributed by atoms with Gasteiger partial charge in [-0.25, -0.2) is 0 Å². The van der Waals surface area contributed by atoms with Crippen LogP contribution in [0.3, 0.4) is 0 Å². The van der Waals surface area contributed by atoms with Crippen LogP contribution in [0.4, 0.5) is 0 Å². The molecule has 0 aromatic heterocycles. The fraction of sp³-hybridized carbons (Fsp3) is 1.00. The lowest BCUT2D eigenvalue weighted by Gasteiger charge is -2.22. The highest BCUT2D eigenvalue weighted by Gasteiger charge is 2.31. The fourth-order valence-corrected chi connectivity index (χ4v) is 2.05. The summed E-state index contributed by atoms with van der Waals surface area (Å²) in [6, 6.07) is 0. The smallest absolute Gasteiger partial charge is 0.0758 e. The molecule has 2 N–H and O–H groups in total. The van der Waals surface area contributed by atoms with Crippen LogP contribution in [-0.4, -0.2) is 48.8 Å². The number of hydrogen-bond donors (Lipinski definition) is 2. The minimum absolute atomic E-state index is 0.445. The number of hydrogen-bond acceptors (Lipinski definition) is 3. The number of aliphatic hydroxyl groups is 1. The van der Waals surface area contributed by atoms with Gasteiger partial charge in [0.15, 0.2) is 0 Å². The number of nitrogens with zero attached hydrogens (tertiary/aromatic N) is 1. The Bertz CT molecular complexity index is 159. The molecule has 3 heteroatoms. The van der Waals surface area contributed by atoms with E-state index >= 15 is 0 Å². The van der Waals surface area contributed by atoms with Crippen molar-refractivity contribution in [3.05, 3.63) is 0 Å². The van der Waals surface area contributed by atoms with E-state index in [0.29, 0.717) is 5.92 Å². The van der Waals surface area contributed by atoms with Crippen molar-refractivity contribution < 1.29 is 5.11 Å². The molecule has 1 aliphatic rings. The van der Waals surface area contributed by atoms with Crippen LogP contribution in [0.15, 0.2) is 0 Å². The number of likely N-dealkylation sites (tertiary alicyclic amines) is 1. The van der Waals surface area contributed by atoms with E-state index in [1.807, 2.05) is 14.0 Å². The molecule has 0 aliphatic carbocycles.